The Morgan fingerprint density at radius 3 is 2.54 bits per heavy atom. The quantitative estimate of drug-likeness (QED) is 0.479. The normalized spacial score (nSPS) is 18.1. The summed E-state index contributed by atoms with van der Waals surface area (Å²) in [7, 11) is 0. The lowest BCUT2D eigenvalue weighted by atomic mass is 10.0. The zero-order valence-electron chi connectivity index (χ0n) is 13.4. The number of nitro groups is 1. The molecular formula is C16H23ClN4O3. The molecule has 0 unspecified atom stereocenters. The molecule has 0 aromatic heterocycles. The van der Waals surface area contributed by atoms with Crippen molar-refractivity contribution in [1.82, 2.24) is 10.2 Å². The fraction of sp³-hybridized carbons (Fsp3) is 0.562. The van der Waals surface area contributed by atoms with Crippen molar-refractivity contribution < 1.29 is 9.72 Å². The van der Waals surface area contributed by atoms with E-state index in [0.29, 0.717) is 19.1 Å². The highest BCUT2D eigenvalue weighted by atomic mass is 35.5. The molecule has 0 radical (unpaired) electrons. The first-order valence-corrected chi connectivity index (χ1v) is 8.12. The summed E-state index contributed by atoms with van der Waals surface area (Å²) in [6.07, 6.45) is 4.48. The van der Waals surface area contributed by atoms with Gasteiger partial charge in [0.2, 0.25) is 0 Å². The summed E-state index contributed by atoms with van der Waals surface area (Å²) in [5, 5.41) is 14.5. The maximum Gasteiger partial charge on any atom is 0.292 e. The van der Waals surface area contributed by atoms with E-state index in [2.05, 4.69) is 5.32 Å². The predicted molar refractivity (Wildman–Crippen MR) is 94.4 cm³/mol. The number of para-hydroxylation sites is 1. The van der Waals surface area contributed by atoms with E-state index in [1.165, 1.54) is 25.0 Å². The number of nitrogen functional groups attached to an aromatic ring is 1. The van der Waals surface area contributed by atoms with E-state index in [4.69, 9.17) is 5.73 Å². The summed E-state index contributed by atoms with van der Waals surface area (Å²) < 4.78 is 0. The molecule has 2 aliphatic rings. The number of carbonyl (C=O) groups excluding carboxylic acids is 1. The van der Waals surface area contributed by atoms with Crippen molar-refractivity contribution in [3.05, 3.63) is 33.9 Å². The zero-order chi connectivity index (χ0) is 16.4. The van der Waals surface area contributed by atoms with Gasteiger partial charge in [0.25, 0.3) is 11.6 Å². The average Bonchev–Trinajstić information content (AvgIpc) is 3.37. The minimum atomic E-state index is -0.555. The number of benzene rings is 1. The van der Waals surface area contributed by atoms with Crippen LogP contribution in [0.5, 0.6) is 0 Å². The Morgan fingerprint density at radius 1 is 1.29 bits per heavy atom. The third-order valence-electron chi connectivity index (χ3n) is 4.68. The number of anilines is 1. The van der Waals surface area contributed by atoms with Crippen LogP contribution in [0.2, 0.25) is 0 Å². The first-order valence-electron chi connectivity index (χ1n) is 8.12. The molecule has 1 heterocycles. The highest BCUT2D eigenvalue weighted by Gasteiger charge is 2.28. The zero-order valence-corrected chi connectivity index (χ0v) is 14.3. The molecule has 1 aromatic carbocycles. The third-order valence-corrected chi connectivity index (χ3v) is 4.68. The summed E-state index contributed by atoms with van der Waals surface area (Å²) >= 11 is 0. The number of nitrogens with one attached hydrogen (secondary N) is 1. The van der Waals surface area contributed by atoms with Gasteiger partial charge in [-0.1, -0.05) is 6.07 Å². The smallest absolute Gasteiger partial charge is 0.292 e. The van der Waals surface area contributed by atoms with Crippen molar-refractivity contribution in [1.29, 1.82) is 0 Å². The van der Waals surface area contributed by atoms with Crippen molar-refractivity contribution in [2.24, 2.45) is 5.92 Å². The first kappa shape index (κ1) is 18.5. The number of amides is 1. The van der Waals surface area contributed by atoms with Crippen molar-refractivity contribution in [3.8, 4) is 0 Å². The largest absolute Gasteiger partial charge is 0.393 e. The van der Waals surface area contributed by atoms with Crippen LogP contribution in [0.15, 0.2) is 18.2 Å². The summed E-state index contributed by atoms with van der Waals surface area (Å²) in [6.45, 7) is 2.39. The average molecular weight is 355 g/mol. The van der Waals surface area contributed by atoms with Crippen molar-refractivity contribution in [2.75, 3.05) is 25.4 Å². The van der Waals surface area contributed by atoms with Gasteiger partial charge in [0.1, 0.15) is 5.69 Å². The Labute approximate surface area is 147 Å². The highest BCUT2D eigenvalue weighted by molar-refractivity contribution is 6.01. The van der Waals surface area contributed by atoms with Crippen LogP contribution >= 0.6 is 12.4 Å². The molecule has 8 heteroatoms. The Kier molecular flexibility index (Phi) is 6.01. The molecule has 1 aliphatic heterocycles. The minimum Gasteiger partial charge on any atom is -0.393 e. The monoisotopic (exact) mass is 354 g/mol. The number of halogens is 1. The lowest BCUT2D eigenvalue weighted by molar-refractivity contribution is -0.383. The van der Waals surface area contributed by atoms with Gasteiger partial charge in [0, 0.05) is 25.2 Å². The van der Waals surface area contributed by atoms with E-state index < -0.39 is 4.92 Å². The van der Waals surface area contributed by atoms with Gasteiger partial charge in [-0.15, -0.1) is 12.4 Å². The van der Waals surface area contributed by atoms with Crippen LogP contribution in [0.3, 0.4) is 0 Å². The molecule has 1 amide bonds. The number of carbonyl (C=O) groups is 1. The Balaban J connectivity index is 0.00000208. The molecule has 132 valence electrons. The summed E-state index contributed by atoms with van der Waals surface area (Å²) in [5.41, 5.74) is 5.77. The topological polar surface area (TPSA) is 102 Å². The van der Waals surface area contributed by atoms with Crippen LogP contribution in [0.4, 0.5) is 11.4 Å². The molecule has 2 fully saturated rings. The van der Waals surface area contributed by atoms with Gasteiger partial charge >= 0.3 is 0 Å². The van der Waals surface area contributed by atoms with Crippen molar-refractivity contribution in [2.45, 2.75) is 31.7 Å². The number of nitro benzene ring substituents is 1. The predicted octanol–water partition coefficient (Wildman–Crippen LogP) is 2.20. The third kappa shape index (κ3) is 4.15. The molecule has 3 N–H and O–H groups in total. The molecule has 0 spiro atoms. The van der Waals surface area contributed by atoms with Gasteiger partial charge in [-0.3, -0.25) is 14.9 Å². The molecule has 1 saturated heterocycles. The van der Waals surface area contributed by atoms with Crippen LogP contribution in [0, 0.1) is 16.0 Å². The molecule has 3 rings (SSSR count). The van der Waals surface area contributed by atoms with E-state index in [9.17, 15) is 14.9 Å². The number of nitrogens with two attached hydrogens (primary N) is 1. The van der Waals surface area contributed by atoms with E-state index >= 15 is 0 Å². The summed E-state index contributed by atoms with van der Waals surface area (Å²) in [6, 6.07) is 4.84. The van der Waals surface area contributed by atoms with Gasteiger partial charge < -0.3 is 16.0 Å². The van der Waals surface area contributed by atoms with Crippen LogP contribution in [-0.4, -0.2) is 41.4 Å². The standard InChI is InChI=1S/C16H22N4O3.ClH/c17-15-13(2-1-3-14(15)20(22)23)16(21)19-8-6-12(7-9-19)18-10-11-4-5-11;/h1-3,11-12,18H,4-10,17H2;1H. The number of rotatable bonds is 5. The van der Waals surface area contributed by atoms with Crippen LogP contribution in [0.25, 0.3) is 0 Å². The first-order chi connectivity index (χ1) is 11.1. The van der Waals surface area contributed by atoms with E-state index in [-0.39, 0.29) is 35.3 Å². The van der Waals surface area contributed by atoms with Gasteiger partial charge in [-0.25, -0.2) is 0 Å². The SMILES string of the molecule is Cl.Nc1c(C(=O)N2CCC(NCC3CC3)CC2)cccc1[N+](=O)[O-]. The minimum absolute atomic E-state index is 0. The van der Waals surface area contributed by atoms with E-state index in [1.54, 1.807) is 11.0 Å². The Hall–Kier alpha value is -1.86. The second-order valence-corrected chi connectivity index (χ2v) is 6.41. The van der Waals surface area contributed by atoms with Gasteiger partial charge in [0.15, 0.2) is 0 Å². The maximum atomic E-state index is 12.6. The maximum absolute atomic E-state index is 12.6. The molecule has 1 saturated carbocycles. The number of likely N-dealkylation sites (tertiary alicyclic amines) is 1. The molecular weight excluding hydrogens is 332 g/mol. The molecule has 0 bridgehead atoms. The van der Waals surface area contributed by atoms with E-state index in [1.807, 2.05) is 0 Å². The second kappa shape index (κ2) is 7.81. The highest BCUT2D eigenvalue weighted by Crippen LogP contribution is 2.29. The van der Waals surface area contributed by atoms with Gasteiger partial charge in [-0.2, -0.15) is 0 Å². The number of hydrogen-bond acceptors (Lipinski definition) is 5. The van der Waals surface area contributed by atoms with Crippen LogP contribution < -0.4 is 11.1 Å². The molecule has 0 atom stereocenters. The van der Waals surface area contributed by atoms with Gasteiger partial charge in [0.05, 0.1) is 10.5 Å². The molecule has 1 aromatic rings. The fourth-order valence-corrected chi connectivity index (χ4v) is 3.01. The number of hydrogen-bond donors (Lipinski definition) is 2. The summed E-state index contributed by atoms with van der Waals surface area (Å²) in [5.74, 6) is 0.631. The number of piperidine rings is 1. The van der Waals surface area contributed by atoms with Crippen LogP contribution in [0.1, 0.15) is 36.0 Å². The Morgan fingerprint density at radius 2 is 1.96 bits per heavy atom. The fourth-order valence-electron chi connectivity index (χ4n) is 3.01. The lowest BCUT2D eigenvalue weighted by Gasteiger charge is -2.32. The lowest BCUT2D eigenvalue weighted by Crippen LogP contribution is -2.45. The van der Waals surface area contributed by atoms with Gasteiger partial charge in [-0.05, 0) is 44.2 Å². The Bertz CT molecular complexity index is 613. The van der Waals surface area contributed by atoms with Crippen LogP contribution in [-0.2, 0) is 0 Å². The second-order valence-electron chi connectivity index (χ2n) is 6.41. The summed E-state index contributed by atoms with van der Waals surface area (Å²) in [4.78, 5) is 24.7. The number of nitrogens with zero attached hydrogens (tertiary/aromatic N) is 2. The van der Waals surface area contributed by atoms with Crippen molar-refractivity contribution in [3.63, 3.8) is 0 Å². The van der Waals surface area contributed by atoms with E-state index in [0.717, 1.165) is 25.3 Å². The molecule has 24 heavy (non-hydrogen) atoms. The van der Waals surface area contributed by atoms with Crippen molar-refractivity contribution >= 4 is 29.7 Å². The molecule has 7 nitrogen and oxygen atoms in total. The molecule has 1 aliphatic carbocycles.